The zero-order chi connectivity index (χ0) is 24.1. The third-order valence-electron chi connectivity index (χ3n) is 5.29. The van der Waals surface area contributed by atoms with Crippen LogP contribution in [0, 0.1) is 17.0 Å². The number of non-ortho nitro benzene ring substituents is 1. The smallest absolute Gasteiger partial charge is 0.271 e. The Morgan fingerprint density at radius 2 is 1.97 bits per heavy atom. The summed E-state index contributed by atoms with van der Waals surface area (Å²) in [5.74, 6) is 1.25. The number of fused-ring (bicyclic) bond motifs is 1. The molecule has 10 heteroatoms. The second kappa shape index (κ2) is 10.3. The van der Waals surface area contributed by atoms with Crippen molar-refractivity contribution in [2.24, 2.45) is 0 Å². The lowest BCUT2D eigenvalue weighted by molar-refractivity contribution is -0.384. The van der Waals surface area contributed by atoms with Crippen LogP contribution in [0.25, 0.3) is 10.8 Å². The van der Waals surface area contributed by atoms with Gasteiger partial charge < -0.3 is 14.6 Å². The Hall–Kier alpha value is -3.92. The van der Waals surface area contributed by atoms with Crippen LogP contribution in [0.3, 0.4) is 0 Å². The Kier molecular flexibility index (Phi) is 7.07. The van der Waals surface area contributed by atoms with E-state index in [4.69, 9.17) is 4.74 Å². The van der Waals surface area contributed by atoms with Gasteiger partial charge in [-0.1, -0.05) is 48.2 Å². The van der Waals surface area contributed by atoms with Gasteiger partial charge in [0.25, 0.3) is 5.69 Å². The summed E-state index contributed by atoms with van der Waals surface area (Å²) in [6.45, 7) is 4.88. The van der Waals surface area contributed by atoms with Crippen LogP contribution in [0.5, 0.6) is 5.75 Å². The summed E-state index contributed by atoms with van der Waals surface area (Å²) in [6, 6.07) is 18.0. The predicted molar refractivity (Wildman–Crippen MR) is 131 cm³/mol. The summed E-state index contributed by atoms with van der Waals surface area (Å²) in [4.78, 5) is 22.7. The van der Waals surface area contributed by atoms with Crippen LogP contribution >= 0.6 is 11.8 Å². The molecular weight excluding hydrogens is 454 g/mol. The molecule has 1 heterocycles. The molecule has 0 fully saturated rings. The number of thioether (sulfide) groups is 1. The minimum Gasteiger partial charge on any atom is -0.485 e. The average molecular weight is 478 g/mol. The molecule has 4 rings (SSSR count). The molecule has 0 saturated heterocycles. The van der Waals surface area contributed by atoms with Gasteiger partial charge >= 0.3 is 0 Å². The summed E-state index contributed by atoms with van der Waals surface area (Å²) < 4.78 is 7.96. The van der Waals surface area contributed by atoms with Gasteiger partial charge in [0.15, 0.2) is 11.0 Å². The van der Waals surface area contributed by atoms with Gasteiger partial charge in [-0.25, -0.2) is 0 Å². The molecule has 0 saturated carbocycles. The van der Waals surface area contributed by atoms with Crippen molar-refractivity contribution < 1.29 is 14.5 Å². The standard InChI is InChI=1S/C24H23N5O4S/c1-3-28-22(14-33-21-12-11-17-7-4-5-10-20(17)16(21)2)26-27-24(28)34-15-23(30)25-18-8-6-9-19(13-18)29(31)32/h4-13H,3,14-15H2,1-2H3,(H,25,30). The van der Waals surface area contributed by atoms with E-state index in [1.807, 2.05) is 42.7 Å². The number of hydrogen-bond acceptors (Lipinski definition) is 7. The monoisotopic (exact) mass is 477 g/mol. The van der Waals surface area contributed by atoms with Crippen LogP contribution < -0.4 is 10.1 Å². The van der Waals surface area contributed by atoms with Gasteiger partial charge in [0.1, 0.15) is 12.4 Å². The zero-order valence-electron chi connectivity index (χ0n) is 18.7. The number of amides is 1. The largest absolute Gasteiger partial charge is 0.485 e. The first-order valence-electron chi connectivity index (χ1n) is 10.7. The van der Waals surface area contributed by atoms with Gasteiger partial charge in [-0.05, 0) is 42.3 Å². The van der Waals surface area contributed by atoms with E-state index in [0.29, 0.717) is 23.2 Å². The molecule has 0 unspecified atom stereocenters. The molecule has 0 spiro atoms. The van der Waals surface area contributed by atoms with Crippen LogP contribution in [-0.4, -0.2) is 31.3 Å². The lowest BCUT2D eigenvalue weighted by Gasteiger charge is -2.12. The fraction of sp³-hybridized carbons (Fsp3) is 0.208. The van der Waals surface area contributed by atoms with E-state index in [-0.39, 0.29) is 24.0 Å². The molecule has 0 bridgehead atoms. The summed E-state index contributed by atoms with van der Waals surface area (Å²) in [6.07, 6.45) is 0. The van der Waals surface area contributed by atoms with Crippen LogP contribution in [-0.2, 0) is 17.9 Å². The second-order valence-corrected chi connectivity index (χ2v) is 8.43. The summed E-state index contributed by atoms with van der Waals surface area (Å²) in [5, 5.41) is 24.9. The fourth-order valence-electron chi connectivity index (χ4n) is 3.58. The fourth-order valence-corrected chi connectivity index (χ4v) is 4.40. The number of aromatic nitrogens is 3. The number of hydrogen-bond donors (Lipinski definition) is 1. The molecule has 1 aromatic heterocycles. The van der Waals surface area contributed by atoms with Crippen LogP contribution in [0.4, 0.5) is 11.4 Å². The zero-order valence-corrected chi connectivity index (χ0v) is 19.5. The Bertz CT molecular complexity index is 1350. The van der Waals surface area contributed by atoms with Crippen molar-refractivity contribution >= 4 is 39.8 Å². The Morgan fingerprint density at radius 1 is 1.15 bits per heavy atom. The second-order valence-electron chi connectivity index (χ2n) is 7.49. The normalized spacial score (nSPS) is 10.9. The summed E-state index contributed by atoms with van der Waals surface area (Å²) in [7, 11) is 0. The molecule has 1 amide bonds. The highest BCUT2D eigenvalue weighted by Gasteiger charge is 2.15. The first kappa shape index (κ1) is 23.2. The maximum atomic E-state index is 12.3. The molecule has 0 atom stereocenters. The molecule has 34 heavy (non-hydrogen) atoms. The van der Waals surface area contributed by atoms with Crippen LogP contribution in [0.15, 0.2) is 65.8 Å². The van der Waals surface area contributed by atoms with Gasteiger partial charge in [-0.15, -0.1) is 10.2 Å². The highest BCUT2D eigenvalue weighted by Crippen LogP contribution is 2.28. The highest BCUT2D eigenvalue weighted by atomic mass is 32.2. The van der Waals surface area contributed by atoms with Crippen molar-refractivity contribution in [1.82, 2.24) is 14.8 Å². The van der Waals surface area contributed by atoms with E-state index < -0.39 is 4.92 Å². The summed E-state index contributed by atoms with van der Waals surface area (Å²) in [5.41, 5.74) is 1.35. The van der Waals surface area contributed by atoms with Gasteiger partial charge in [0.2, 0.25) is 5.91 Å². The third kappa shape index (κ3) is 5.18. The third-order valence-corrected chi connectivity index (χ3v) is 6.25. The van der Waals surface area contributed by atoms with Crippen LogP contribution in [0.1, 0.15) is 18.3 Å². The van der Waals surface area contributed by atoms with E-state index in [0.717, 1.165) is 22.1 Å². The molecule has 174 valence electrons. The lowest BCUT2D eigenvalue weighted by Crippen LogP contribution is -2.15. The number of benzene rings is 3. The van der Waals surface area contributed by atoms with Crippen molar-refractivity contribution in [1.29, 1.82) is 0 Å². The van der Waals surface area contributed by atoms with Gasteiger partial charge in [-0.3, -0.25) is 14.9 Å². The number of nitrogens with one attached hydrogen (secondary N) is 1. The number of nitro benzene ring substituents is 1. The highest BCUT2D eigenvalue weighted by molar-refractivity contribution is 7.99. The van der Waals surface area contributed by atoms with Gasteiger partial charge in [-0.2, -0.15) is 0 Å². The van der Waals surface area contributed by atoms with Crippen molar-refractivity contribution in [2.45, 2.75) is 32.2 Å². The number of nitrogens with zero attached hydrogens (tertiary/aromatic N) is 4. The molecule has 9 nitrogen and oxygen atoms in total. The first-order chi connectivity index (χ1) is 16.5. The van der Waals surface area contributed by atoms with E-state index in [1.165, 1.54) is 30.0 Å². The number of carbonyl (C=O) groups is 1. The minimum atomic E-state index is -0.503. The van der Waals surface area contributed by atoms with Gasteiger partial charge in [0, 0.05) is 24.4 Å². The number of ether oxygens (including phenoxy) is 1. The molecular formula is C24H23N5O4S. The average Bonchev–Trinajstić information content (AvgIpc) is 3.24. The number of aryl methyl sites for hydroxylation is 1. The van der Waals surface area contributed by atoms with E-state index >= 15 is 0 Å². The number of nitro groups is 1. The van der Waals surface area contributed by atoms with Crippen molar-refractivity contribution in [2.75, 3.05) is 11.1 Å². The topological polar surface area (TPSA) is 112 Å². The van der Waals surface area contributed by atoms with E-state index in [2.05, 4.69) is 27.6 Å². The SMILES string of the molecule is CCn1c(COc2ccc3ccccc3c2C)nnc1SCC(=O)Nc1cccc([N+](=O)[O-])c1. The quantitative estimate of drug-likeness (QED) is 0.206. The lowest BCUT2D eigenvalue weighted by atomic mass is 10.0. The minimum absolute atomic E-state index is 0.0810. The first-order valence-corrected chi connectivity index (χ1v) is 11.6. The number of carbonyl (C=O) groups excluding carboxylic acids is 1. The van der Waals surface area contributed by atoms with Crippen molar-refractivity contribution in [3.05, 3.63) is 82.2 Å². The summed E-state index contributed by atoms with van der Waals surface area (Å²) >= 11 is 1.24. The number of anilines is 1. The van der Waals surface area contributed by atoms with E-state index in [1.54, 1.807) is 6.07 Å². The molecule has 3 aromatic carbocycles. The molecule has 0 aliphatic carbocycles. The Balaban J connectivity index is 1.39. The van der Waals surface area contributed by atoms with E-state index in [9.17, 15) is 14.9 Å². The van der Waals surface area contributed by atoms with Crippen molar-refractivity contribution in [3.63, 3.8) is 0 Å². The Labute approximate surface area is 200 Å². The molecule has 1 N–H and O–H groups in total. The molecule has 4 aromatic rings. The number of rotatable bonds is 9. The van der Waals surface area contributed by atoms with Crippen molar-refractivity contribution in [3.8, 4) is 5.75 Å². The predicted octanol–water partition coefficient (Wildman–Crippen LogP) is 4.98. The molecule has 0 aliphatic heterocycles. The van der Waals surface area contributed by atoms with Gasteiger partial charge in [0.05, 0.1) is 10.7 Å². The molecule has 0 radical (unpaired) electrons. The maximum Gasteiger partial charge on any atom is 0.271 e. The molecule has 0 aliphatic rings. The Morgan fingerprint density at radius 3 is 2.76 bits per heavy atom. The van der Waals surface area contributed by atoms with Crippen LogP contribution in [0.2, 0.25) is 0 Å². The maximum absolute atomic E-state index is 12.3.